The number of nitrogens with two attached hydrogens (primary N) is 1. The summed E-state index contributed by atoms with van der Waals surface area (Å²) in [4.78, 5) is 13.5. The number of hydrogen-bond donors (Lipinski definition) is 2. The molecule has 4 heteroatoms. The highest BCUT2D eigenvalue weighted by Crippen LogP contribution is 2.28. The van der Waals surface area contributed by atoms with Gasteiger partial charge in [-0.15, -0.1) is 0 Å². The Bertz CT molecular complexity index is 485. The Morgan fingerprint density at radius 1 is 1.35 bits per heavy atom. The highest BCUT2D eigenvalue weighted by Gasteiger charge is 2.19. The molecule has 1 aromatic rings. The summed E-state index contributed by atoms with van der Waals surface area (Å²) in [6, 6.07) is 6.02. The third kappa shape index (κ3) is 3.44. The number of carbonyl (C=O) groups excluding carboxylic acids is 1. The van der Waals surface area contributed by atoms with Crippen LogP contribution in [0.4, 0.5) is 11.4 Å². The second-order valence-corrected chi connectivity index (χ2v) is 6.11. The quantitative estimate of drug-likeness (QED) is 0.834. The van der Waals surface area contributed by atoms with Gasteiger partial charge in [0.25, 0.3) is 5.91 Å². The summed E-state index contributed by atoms with van der Waals surface area (Å²) in [5, 5.41) is 3.53. The molecule has 0 bridgehead atoms. The number of hydrogen-bond acceptors (Lipinski definition) is 3. The number of nitrogens with zero attached hydrogens (tertiary/aromatic N) is 1. The van der Waals surface area contributed by atoms with E-state index < -0.39 is 0 Å². The Morgan fingerprint density at radius 2 is 2.10 bits per heavy atom. The Morgan fingerprint density at radius 3 is 2.70 bits per heavy atom. The number of nitrogens with one attached hydrogen (secondary N) is 1. The van der Waals surface area contributed by atoms with Gasteiger partial charge in [-0.1, -0.05) is 19.8 Å². The summed E-state index contributed by atoms with van der Waals surface area (Å²) in [6.45, 7) is 2.30. The number of benzene rings is 1. The highest BCUT2D eigenvalue weighted by atomic mass is 16.2. The molecule has 1 fully saturated rings. The van der Waals surface area contributed by atoms with Crippen molar-refractivity contribution in [1.82, 2.24) is 4.90 Å². The number of nitrogen functional groups attached to an aromatic ring is 1. The molecule has 4 nitrogen and oxygen atoms in total. The van der Waals surface area contributed by atoms with E-state index in [0.29, 0.717) is 17.3 Å². The first-order chi connectivity index (χ1) is 9.47. The second kappa shape index (κ2) is 6.16. The molecule has 1 saturated carbocycles. The van der Waals surface area contributed by atoms with Crippen LogP contribution in [0, 0.1) is 5.92 Å². The molecule has 3 N–H and O–H groups in total. The van der Waals surface area contributed by atoms with Crippen LogP contribution in [0.15, 0.2) is 18.2 Å². The normalized spacial score (nSPS) is 22.4. The van der Waals surface area contributed by atoms with Crippen LogP contribution in [0.3, 0.4) is 0 Å². The molecular formula is C16H25N3O. The lowest BCUT2D eigenvalue weighted by Crippen LogP contribution is -2.27. The van der Waals surface area contributed by atoms with Crippen molar-refractivity contribution in [2.75, 3.05) is 25.1 Å². The number of anilines is 2. The standard InChI is InChI=1S/C16H25N3O/c1-11-5-4-6-13(9-11)18-15-8-7-12(10-14(15)17)16(20)19(2)3/h7-8,10-11,13,18H,4-6,9,17H2,1-3H3. The predicted molar refractivity (Wildman–Crippen MR) is 83.9 cm³/mol. The molecule has 0 aliphatic heterocycles. The molecule has 2 rings (SSSR count). The minimum atomic E-state index is -0.0189. The molecule has 110 valence electrons. The van der Waals surface area contributed by atoms with Crippen molar-refractivity contribution in [3.05, 3.63) is 23.8 Å². The number of amides is 1. The third-order valence-corrected chi connectivity index (χ3v) is 4.00. The smallest absolute Gasteiger partial charge is 0.253 e. The summed E-state index contributed by atoms with van der Waals surface area (Å²) in [7, 11) is 3.49. The largest absolute Gasteiger partial charge is 0.397 e. The van der Waals surface area contributed by atoms with Gasteiger partial charge in [0, 0.05) is 25.7 Å². The Balaban J connectivity index is 2.08. The molecule has 0 aromatic heterocycles. The van der Waals surface area contributed by atoms with Crippen molar-refractivity contribution >= 4 is 17.3 Å². The molecule has 2 atom stereocenters. The van der Waals surface area contributed by atoms with Crippen molar-refractivity contribution in [1.29, 1.82) is 0 Å². The molecular weight excluding hydrogens is 250 g/mol. The van der Waals surface area contributed by atoms with E-state index in [1.807, 2.05) is 12.1 Å². The molecule has 0 radical (unpaired) electrons. The molecule has 2 unspecified atom stereocenters. The SMILES string of the molecule is CC1CCCC(Nc2ccc(C(=O)N(C)C)cc2N)C1. The van der Waals surface area contributed by atoms with Crippen molar-refractivity contribution in [3.63, 3.8) is 0 Å². The van der Waals surface area contributed by atoms with Gasteiger partial charge in [0.1, 0.15) is 0 Å². The maximum absolute atomic E-state index is 11.9. The van der Waals surface area contributed by atoms with Crippen LogP contribution < -0.4 is 11.1 Å². The van der Waals surface area contributed by atoms with Gasteiger partial charge < -0.3 is 16.0 Å². The van der Waals surface area contributed by atoms with Crippen LogP contribution in [0.25, 0.3) is 0 Å². The Labute approximate surface area is 121 Å². The molecule has 0 saturated heterocycles. The zero-order valence-corrected chi connectivity index (χ0v) is 12.6. The lowest BCUT2D eigenvalue weighted by atomic mass is 9.87. The van der Waals surface area contributed by atoms with Gasteiger partial charge in [-0.25, -0.2) is 0 Å². The zero-order valence-electron chi connectivity index (χ0n) is 12.6. The van der Waals surface area contributed by atoms with Crippen LogP contribution in [0.5, 0.6) is 0 Å². The van der Waals surface area contributed by atoms with Gasteiger partial charge in [-0.3, -0.25) is 4.79 Å². The molecule has 20 heavy (non-hydrogen) atoms. The van der Waals surface area contributed by atoms with Crippen molar-refractivity contribution in [2.45, 2.75) is 38.6 Å². The van der Waals surface area contributed by atoms with Crippen LogP contribution in [0.2, 0.25) is 0 Å². The summed E-state index contributed by atoms with van der Waals surface area (Å²) in [5.74, 6) is 0.756. The fourth-order valence-corrected chi connectivity index (χ4v) is 2.87. The number of rotatable bonds is 3. The molecule has 1 amide bonds. The molecule has 1 aliphatic rings. The van der Waals surface area contributed by atoms with Gasteiger partial charge >= 0.3 is 0 Å². The van der Waals surface area contributed by atoms with E-state index in [0.717, 1.165) is 11.6 Å². The first-order valence-electron chi connectivity index (χ1n) is 7.35. The van der Waals surface area contributed by atoms with Gasteiger partial charge in [0.15, 0.2) is 0 Å². The average molecular weight is 275 g/mol. The minimum absolute atomic E-state index is 0.0189. The lowest BCUT2D eigenvalue weighted by molar-refractivity contribution is 0.0827. The topological polar surface area (TPSA) is 58.4 Å². The van der Waals surface area contributed by atoms with E-state index in [1.54, 1.807) is 25.1 Å². The Kier molecular flexibility index (Phi) is 4.53. The molecule has 1 aromatic carbocycles. The molecule has 0 heterocycles. The van der Waals surface area contributed by atoms with Crippen LogP contribution in [-0.4, -0.2) is 30.9 Å². The van der Waals surface area contributed by atoms with Crippen molar-refractivity contribution in [3.8, 4) is 0 Å². The van der Waals surface area contributed by atoms with E-state index in [4.69, 9.17) is 5.73 Å². The van der Waals surface area contributed by atoms with Crippen molar-refractivity contribution < 1.29 is 4.79 Å². The van der Waals surface area contributed by atoms with Crippen molar-refractivity contribution in [2.24, 2.45) is 5.92 Å². The summed E-state index contributed by atoms with van der Waals surface area (Å²) in [5.41, 5.74) is 8.31. The van der Waals surface area contributed by atoms with Crippen LogP contribution in [0.1, 0.15) is 43.0 Å². The van der Waals surface area contributed by atoms with E-state index in [-0.39, 0.29) is 5.91 Å². The fraction of sp³-hybridized carbons (Fsp3) is 0.562. The lowest BCUT2D eigenvalue weighted by Gasteiger charge is -2.28. The van der Waals surface area contributed by atoms with E-state index in [2.05, 4.69) is 12.2 Å². The van der Waals surface area contributed by atoms with Gasteiger partial charge in [-0.2, -0.15) is 0 Å². The zero-order chi connectivity index (χ0) is 14.7. The highest BCUT2D eigenvalue weighted by molar-refractivity contribution is 5.95. The monoisotopic (exact) mass is 275 g/mol. The Hall–Kier alpha value is -1.71. The van der Waals surface area contributed by atoms with Gasteiger partial charge in [-0.05, 0) is 37.0 Å². The van der Waals surface area contributed by atoms with Crippen LogP contribution >= 0.6 is 0 Å². The summed E-state index contributed by atoms with van der Waals surface area (Å²) < 4.78 is 0. The van der Waals surface area contributed by atoms with Gasteiger partial charge in [0.05, 0.1) is 11.4 Å². The summed E-state index contributed by atoms with van der Waals surface area (Å²) in [6.07, 6.45) is 4.99. The van der Waals surface area contributed by atoms with Gasteiger partial charge in [0.2, 0.25) is 0 Å². The first kappa shape index (κ1) is 14.7. The van der Waals surface area contributed by atoms with E-state index in [9.17, 15) is 4.79 Å². The first-order valence-corrected chi connectivity index (χ1v) is 7.35. The van der Waals surface area contributed by atoms with E-state index in [1.165, 1.54) is 25.7 Å². The summed E-state index contributed by atoms with van der Waals surface area (Å²) >= 11 is 0. The fourth-order valence-electron chi connectivity index (χ4n) is 2.87. The second-order valence-electron chi connectivity index (χ2n) is 6.11. The molecule has 1 aliphatic carbocycles. The maximum Gasteiger partial charge on any atom is 0.253 e. The minimum Gasteiger partial charge on any atom is -0.397 e. The van der Waals surface area contributed by atoms with E-state index >= 15 is 0 Å². The average Bonchev–Trinajstić information content (AvgIpc) is 2.40. The molecule has 0 spiro atoms. The third-order valence-electron chi connectivity index (χ3n) is 4.00. The number of carbonyl (C=O) groups is 1. The predicted octanol–water partition coefficient (Wildman–Crippen LogP) is 2.96. The van der Waals surface area contributed by atoms with Crippen LogP contribution in [-0.2, 0) is 0 Å². The maximum atomic E-state index is 11.9.